The third-order valence-corrected chi connectivity index (χ3v) is 5.61. The molecule has 28 heavy (non-hydrogen) atoms. The van der Waals surface area contributed by atoms with Crippen molar-refractivity contribution in [1.82, 2.24) is 9.88 Å². The van der Waals surface area contributed by atoms with Crippen LogP contribution in [-0.2, 0) is 13.0 Å². The largest absolute Gasteiger partial charge is 0.496 e. The molecule has 0 radical (unpaired) electrons. The van der Waals surface area contributed by atoms with Crippen LogP contribution in [0.5, 0.6) is 11.5 Å². The lowest BCUT2D eigenvalue weighted by atomic mass is 9.97. The second kappa shape index (κ2) is 8.17. The lowest BCUT2D eigenvalue weighted by Crippen LogP contribution is -2.21. The molecule has 0 bridgehead atoms. The molecule has 1 aliphatic heterocycles. The van der Waals surface area contributed by atoms with Crippen molar-refractivity contribution in [3.8, 4) is 11.5 Å². The molecule has 2 heterocycles. The van der Waals surface area contributed by atoms with Crippen LogP contribution in [0.1, 0.15) is 11.1 Å². The highest BCUT2D eigenvalue weighted by atomic mass is 16.5. The van der Waals surface area contributed by atoms with E-state index in [-0.39, 0.29) is 12.0 Å². The van der Waals surface area contributed by atoms with Crippen molar-refractivity contribution in [3.63, 3.8) is 0 Å². The zero-order valence-electron chi connectivity index (χ0n) is 16.3. The summed E-state index contributed by atoms with van der Waals surface area (Å²) in [6.07, 6.45) is 4.17. The molecule has 1 fully saturated rings. The van der Waals surface area contributed by atoms with Crippen molar-refractivity contribution in [2.45, 2.75) is 19.1 Å². The lowest BCUT2D eigenvalue weighted by Gasteiger charge is -2.19. The van der Waals surface area contributed by atoms with Gasteiger partial charge in [0.2, 0.25) is 0 Å². The molecular formula is C23H26N2O3. The number of nitrogens with zero attached hydrogens (tertiary/aromatic N) is 2. The van der Waals surface area contributed by atoms with Gasteiger partial charge in [0.1, 0.15) is 11.5 Å². The Bertz CT molecular complexity index is 945. The number of fused-ring (bicyclic) bond motifs is 1. The molecule has 146 valence electrons. The van der Waals surface area contributed by atoms with Crippen LogP contribution < -0.4 is 9.47 Å². The molecule has 3 aromatic rings. The molecule has 4 rings (SSSR count). The molecule has 1 aromatic heterocycles. The minimum atomic E-state index is -0.320. The number of methoxy groups -OCH3 is 2. The zero-order valence-corrected chi connectivity index (χ0v) is 16.3. The van der Waals surface area contributed by atoms with E-state index in [0.29, 0.717) is 6.54 Å². The summed E-state index contributed by atoms with van der Waals surface area (Å²) < 4.78 is 11.2. The van der Waals surface area contributed by atoms with Crippen LogP contribution in [0, 0.1) is 5.92 Å². The maximum absolute atomic E-state index is 10.6. The Morgan fingerprint density at radius 3 is 2.54 bits per heavy atom. The van der Waals surface area contributed by atoms with Gasteiger partial charge < -0.3 is 14.6 Å². The van der Waals surface area contributed by atoms with Gasteiger partial charge in [0, 0.05) is 48.7 Å². The van der Waals surface area contributed by atoms with Crippen LogP contribution in [0.25, 0.3) is 10.8 Å². The molecule has 5 heteroatoms. The Hall–Kier alpha value is -2.63. The molecule has 5 nitrogen and oxygen atoms in total. The van der Waals surface area contributed by atoms with Gasteiger partial charge in [-0.15, -0.1) is 0 Å². The first-order valence-electron chi connectivity index (χ1n) is 9.61. The summed E-state index contributed by atoms with van der Waals surface area (Å²) in [7, 11) is 3.39. The van der Waals surface area contributed by atoms with E-state index in [2.05, 4.69) is 22.0 Å². The fourth-order valence-electron chi connectivity index (χ4n) is 4.23. The van der Waals surface area contributed by atoms with Gasteiger partial charge in [0.25, 0.3) is 0 Å². The van der Waals surface area contributed by atoms with Crippen molar-refractivity contribution in [1.29, 1.82) is 0 Å². The highest BCUT2D eigenvalue weighted by Gasteiger charge is 2.31. The lowest BCUT2D eigenvalue weighted by molar-refractivity contribution is 0.141. The van der Waals surface area contributed by atoms with Gasteiger partial charge in [-0.05, 0) is 41.8 Å². The summed E-state index contributed by atoms with van der Waals surface area (Å²) in [6.45, 7) is 2.31. The summed E-state index contributed by atoms with van der Waals surface area (Å²) in [5.74, 6) is 1.92. The number of aromatic nitrogens is 1. The summed E-state index contributed by atoms with van der Waals surface area (Å²) in [5.41, 5.74) is 2.41. The van der Waals surface area contributed by atoms with Gasteiger partial charge in [-0.3, -0.25) is 9.88 Å². The Morgan fingerprint density at radius 1 is 1.00 bits per heavy atom. The normalized spacial score (nSPS) is 19.8. The molecule has 0 aliphatic carbocycles. The average molecular weight is 378 g/mol. The molecule has 0 unspecified atom stereocenters. The van der Waals surface area contributed by atoms with E-state index in [9.17, 15) is 5.11 Å². The van der Waals surface area contributed by atoms with Crippen LogP contribution in [-0.4, -0.2) is 48.4 Å². The Morgan fingerprint density at radius 2 is 1.79 bits per heavy atom. The number of ether oxygens (including phenoxy) is 2. The molecule has 1 aliphatic rings. The second-order valence-corrected chi connectivity index (χ2v) is 7.39. The predicted molar refractivity (Wildman–Crippen MR) is 110 cm³/mol. The summed E-state index contributed by atoms with van der Waals surface area (Å²) in [6, 6.07) is 14.2. The Balaban J connectivity index is 1.57. The maximum Gasteiger partial charge on any atom is 0.127 e. The fraction of sp³-hybridized carbons (Fsp3) is 0.348. The minimum absolute atomic E-state index is 0.230. The average Bonchev–Trinajstić information content (AvgIpc) is 3.07. The SMILES string of the molecule is COc1ccc(CN2C[C@@H](Cc3ccncc3)[C@@H](O)C2)c2c(OC)cccc12. The monoisotopic (exact) mass is 378 g/mol. The summed E-state index contributed by atoms with van der Waals surface area (Å²) >= 11 is 0. The molecule has 1 N–H and O–H groups in total. The molecule has 0 amide bonds. The number of hydrogen-bond acceptors (Lipinski definition) is 5. The highest BCUT2D eigenvalue weighted by Crippen LogP contribution is 2.36. The first kappa shape index (κ1) is 18.7. The van der Waals surface area contributed by atoms with Crippen molar-refractivity contribution < 1.29 is 14.6 Å². The molecule has 0 saturated carbocycles. The van der Waals surface area contributed by atoms with Crippen molar-refractivity contribution >= 4 is 10.8 Å². The van der Waals surface area contributed by atoms with Gasteiger partial charge in [0.15, 0.2) is 0 Å². The number of pyridine rings is 1. The predicted octanol–water partition coefficient (Wildman–Crippen LogP) is 3.29. The van der Waals surface area contributed by atoms with Crippen molar-refractivity contribution in [2.75, 3.05) is 27.3 Å². The van der Waals surface area contributed by atoms with Gasteiger partial charge in [0.05, 0.1) is 20.3 Å². The molecule has 1 saturated heterocycles. The maximum atomic E-state index is 10.6. The highest BCUT2D eigenvalue weighted by molar-refractivity contribution is 5.95. The zero-order chi connectivity index (χ0) is 19.5. The number of aliphatic hydroxyl groups is 1. The van der Waals surface area contributed by atoms with E-state index in [4.69, 9.17) is 9.47 Å². The molecular weight excluding hydrogens is 352 g/mol. The fourth-order valence-corrected chi connectivity index (χ4v) is 4.23. The van der Waals surface area contributed by atoms with Crippen LogP contribution >= 0.6 is 0 Å². The van der Waals surface area contributed by atoms with Crippen LogP contribution in [0.15, 0.2) is 54.9 Å². The van der Waals surface area contributed by atoms with E-state index < -0.39 is 0 Å². The van der Waals surface area contributed by atoms with Gasteiger partial charge >= 0.3 is 0 Å². The van der Waals surface area contributed by atoms with E-state index in [1.165, 1.54) is 11.1 Å². The molecule has 2 aromatic carbocycles. The summed E-state index contributed by atoms with van der Waals surface area (Å²) in [5, 5.41) is 12.7. The smallest absolute Gasteiger partial charge is 0.127 e. The quantitative estimate of drug-likeness (QED) is 0.713. The standard InChI is InChI=1S/C23H26N2O3/c1-27-21-7-6-17(23-19(21)4-3-5-22(23)28-2)13-25-14-18(20(26)15-25)12-16-8-10-24-11-9-16/h3-11,18,20,26H,12-15H2,1-2H3/t18-,20+/m1/s1. The van der Waals surface area contributed by atoms with Crippen molar-refractivity contribution in [3.05, 3.63) is 66.0 Å². The van der Waals surface area contributed by atoms with Crippen LogP contribution in [0.3, 0.4) is 0 Å². The van der Waals surface area contributed by atoms with Gasteiger partial charge in [-0.2, -0.15) is 0 Å². The number of β-amino-alcohol motifs (C(OH)–C–C–N with tert-alkyl or cyclic N) is 1. The van der Waals surface area contributed by atoms with Gasteiger partial charge in [-0.1, -0.05) is 18.2 Å². The minimum Gasteiger partial charge on any atom is -0.496 e. The van der Waals surface area contributed by atoms with E-state index >= 15 is 0 Å². The Labute approximate surface area is 165 Å². The van der Waals surface area contributed by atoms with Crippen LogP contribution in [0.4, 0.5) is 0 Å². The van der Waals surface area contributed by atoms with Crippen LogP contribution in [0.2, 0.25) is 0 Å². The molecule has 0 spiro atoms. The van der Waals surface area contributed by atoms with E-state index in [1.807, 2.05) is 42.7 Å². The number of benzene rings is 2. The number of hydrogen-bond donors (Lipinski definition) is 1. The topological polar surface area (TPSA) is 54.8 Å². The van der Waals surface area contributed by atoms with Crippen molar-refractivity contribution in [2.24, 2.45) is 5.92 Å². The van der Waals surface area contributed by atoms with E-state index in [1.54, 1.807) is 14.2 Å². The first-order chi connectivity index (χ1) is 13.7. The third kappa shape index (κ3) is 3.68. The third-order valence-electron chi connectivity index (χ3n) is 5.61. The Kier molecular flexibility index (Phi) is 5.46. The summed E-state index contributed by atoms with van der Waals surface area (Å²) in [4.78, 5) is 6.40. The molecule has 2 atom stereocenters. The second-order valence-electron chi connectivity index (χ2n) is 7.39. The first-order valence-corrected chi connectivity index (χ1v) is 9.61. The van der Waals surface area contributed by atoms with Gasteiger partial charge in [-0.25, -0.2) is 0 Å². The number of aliphatic hydroxyl groups excluding tert-OH is 1. The number of likely N-dealkylation sites (tertiary alicyclic amines) is 1. The number of rotatable bonds is 6. The van der Waals surface area contributed by atoms with E-state index in [0.717, 1.165) is 41.8 Å².